The normalized spacial score (nSPS) is 12.1. The number of ether oxygens (including phenoxy) is 1. The van der Waals surface area contributed by atoms with Crippen LogP contribution in [-0.4, -0.2) is 39.4 Å². The van der Waals surface area contributed by atoms with Crippen LogP contribution in [0, 0.1) is 0 Å². The lowest BCUT2D eigenvalue weighted by molar-refractivity contribution is 0.0882. The molecule has 1 amide bonds. The number of rotatable bonds is 7. The fourth-order valence-corrected chi connectivity index (χ4v) is 2.39. The third-order valence-electron chi connectivity index (χ3n) is 3.67. The molecule has 25 heavy (non-hydrogen) atoms. The summed E-state index contributed by atoms with van der Waals surface area (Å²) in [6.07, 6.45) is 5.27. The summed E-state index contributed by atoms with van der Waals surface area (Å²) in [5.41, 5.74) is 0.462. The minimum Gasteiger partial charge on any atom is -0.464 e. The molecule has 130 valence electrons. The Kier molecular flexibility index (Phi) is 5.20. The van der Waals surface area contributed by atoms with Crippen LogP contribution in [0.3, 0.4) is 0 Å². The minimum atomic E-state index is -0.374. The molecule has 3 aromatic heterocycles. The number of pyridine rings is 1. The topological polar surface area (TPSA) is 95.1 Å². The highest BCUT2D eigenvalue weighted by atomic mass is 16.5. The molecule has 3 rings (SSSR count). The van der Waals surface area contributed by atoms with Crippen molar-refractivity contribution in [2.24, 2.45) is 0 Å². The second-order valence-corrected chi connectivity index (χ2v) is 5.38. The maximum Gasteiger partial charge on any atom is 0.252 e. The Morgan fingerprint density at radius 2 is 2.28 bits per heavy atom. The maximum absolute atomic E-state index is 12.6. The molecule has 0 saturated carbocycles. The average molecular weight is 341 g/mol. The number of methoxy groups -OCH3 is 1. The van der Waals surface area contributed by atoms with Crippen molar-refractivity contribution in [3.05, 3.63) is 60.2 Å². The van der Waals surface area contributed by atoms with Crippen molar-refractivity contribution in [3.63, 3.8) is 0 Å². The van der Waals surface area contributed by atoms with Crippen molar-refractivity contribution in [3.8, 4) is 5.82 Å². The van der Waals surface area contributed by atoms with E-state index in [4.69, 9.17) is 9.15 Å². The lowest BCUT2D eigenvalue weighted by Gasteiger charge is -2.16. The second kappa shape index (κ2) is 7.71. The molecule has 0 spiro atoms. The fraction of sp³-hybridized carbons (Fsp3) is 0.294. The van der Waals surface area contributed by atoms with Gasteiger partial charge in [0.2, 0.25) is 0 Å². The summed E-state index contributed by atoms with van der Waals surface area (Å²) in [5, 5.41) is 6.94. The van der Waals surface area contributed by atoms with Crippen LogP contribution in [0.2, 0.25) is 0 Å². The van der Waals surface area contributed by atoms with Gasteiger partial charge in [-0.25, -0.2) is 14.6 Å². The zero-order chi connectivity index (χ0) is 17.6. The summed E-state index contributed by atoms with van der Waals surface area (Å²) in [6, 6.07) is 6.67. The Balaban J connectivity index is 1.78. The van der Waals surface area contributed by atoms with Gasteiger partial charge in [0, 0.05) is 25.3 Å². The van der Waals surface area contributed by atoms with Crippen LogP contribution in [0.1, 0.15) is 34.8 Å². The van der Waals surface area contributed by atoms with Gasteiger partial charge < -0.3 is 14.5 Å². The van der Waals surface area contributed by atoms with Gasteiger partial charge in [0.25, 0.3) is 5.91 Å². The van der Waals surface area contributed by atoms with E-state index in [2.05, 4.69) is 20.4 Å². The molecule has 0 radical (unpaired) electrons. The van der Waals surface area contributed by atoms with E-state index >= 15 is 0 Å². The summed E-state index contributed by atoms with van der Waals surface area (Å²) in [4.78, 5) is 20.7. The van der Waals surface area contributed by atoms with Gasteiger partial charge in [-0.2, -0.15) is 5.10 Å². The quantitative estimate of drug-likeness (QED) is 0.705. The van der Waals surface area contributed by atoms with Crippen molar-refractivity contribution < 1.29 is 13.9 Å². The molecule has 0 aliphatic heterocycles. The summed E-state index contributed by atoms with van der Waals surface area (Å²) in [5.74, 6) is 1.79. The van der Waals surface area contributed by atoms with Gasteiger partial charge in [0.1, 0.15) is 30.2 Å². The molecule has 1 N–H and O–H groups in total. The number of hydrogen-bond donors (Lipinski definition) is 1. The highest BCUT2D eigenvalue weighted by molar-refractivity contribution is 5.94. The van der Waals surface area contributed by atoms with E-state index in [-0.39, 0.29) is 11.9 Å². The number of carbonyl (C=O) groups excluding carboxylic acids is 1. The van der Waals surface area contributed by atoms with Crippen LogP contribution in [-0.2, 0) is 11.2 Å². The van der Waals surface area contributed by atoms with E-state index in [1.165, 1.54) is 17.3 Å². The number of nitrogens with zero attached hydrogens (tertiary/aromatic N) is 4. The zero-order valence-electron chi connectivity index (χ0n) is 14.0. The maximum atomic E-state index is 12.6. The summed E-state index contributed by atoms with van der Waals surface area (Å²) in [6.45, 7) is 2.32. The van der Waals surface area contributed by atoms with Crippen molar-refractivity contribution in [1.29, 1.82) is 0 Å². The molecular formula is C17H19N5O3. The second-order valence-electron chi connectivity index (χ2n) is 5.38. The van der Waals surface area contributed by atoms with Gasteiger partial charge in [-0.1, -0.05) is 6.92 Å². The van der Waals surface area contributed by atoms with Crippen molar-refractivity contribution in [2.75, 3.05) is 13.7 Å². The Bertz CT molecular complexity index is 828. The minimum absolute atomic E-state index is 0.250. The fourth-order valence-electron chi connectivity index (χ4n) is 2.39. The van der Waals surface area contributed by atoms with E-state index in [1.54, 1.807) is 25.4 Å². The Morgan fingerprint density at radius 1 is 1.40 bits per heavy atom. The molecular weight excluding hydrogens is 322 g/mol. The predicted molar refractivity (Wildman–Crippen MR) is 89.3 cm³/mol. The van der Waals surface area contributed by atoms with Crippen molar-refractivity contribution in [2.45, 2.75) is 19.4 Å². The van der Waals surface area contributed by atoms with Crippen LogP contribution in [0.5, 0.6) is 0 Å². The molecule has 0 unspecified atom stereocenters. The number of hydrogen-bond acceptors (Lipinski definition) is 6. The standard InChI is InChI=1S/C17H19N5O3/c1-3-13-4-5-15(25-13)14(9-24-2)21-17(23)12-6-7-19-16(8-12)22-11-18-10-20-22/h4-8,10-11,14H,3,9H2,1-2H3,(H,21,23)/t14-/m1/s1. The Labute approximate surface area is 144 Å². The van der Waals surface area contributed by atoms with Crippen LogP contribution in [0.15, 0.2) is 47.5 Å². The SMILES string of the molecule is CCc1ccc([C@@H](COC)NC(=O)c2ccnc(-n3cncn3)c2)o1. The molecule has 0 aliphatic carbocycles. The van der Waals surface area contributed by atoms with Crippen molar-refractivity contribution in [1.82, 2.24) is 25.1 Å². The van der Waals surface area contributed by atoms with Crippen LogP contribution >= 0.6 is 0 Å². The first kappa shape index (κ1) is 16.8. The molecule has 8 nitrogen and oxygen atoms in total. The van der Waals surface area contributed by atoms with Gasteiger partial charge >= 0.3 is 0 Å². The molecule has 0 fully saturated rings. The van der Waals surface area contributed by atoms with Crippen LogP contribution < -0.4 is 5.32 Å². The predicted octanol–water partition coefficient (Wildman–Crippen LogP) is 1.94. The summed E-state index contributed by atoms with van der Waals surface area (Å²) in [7, 11) is 1.58. The first-order valence-corrected chi connectivity index (χ1v) is 7.90. The first-order chi connectivity index (χ1) is 12.2. The number of aryl methyl sites for hydroxylation is 1. The molecule has 0 bridgehead atoms. The highest BCUT2D eigenvalue weighted by Gasteiger charge is 2.19. The number of aromatic nitrogens is 4. The summed E-state index contributed by atoms with van der Waals surface area (Å²) >= 11 is 0. The molecule has 3 heterocycles. The van der Waals surface area contributed by atoms with Gasteiger partial charge in [0.15, 0.2) is 5.82 Å². The van der Waals surface area contributed by atoms with Gasteiger partial charge in [-0.3, -0.25) is 4.79 Å². The molecule has 0 aromatic carbocycles. The van der Waals surface area contributed by atoms with E-state index in [1.807, 2.05) is 19.1 Å². The molecule has 0 saturated heterocycles. The lowest BCUT2D eigenvalue weighted by Crippen LogP contribution is -2.31. The zero-order valence-corrected chi connectivity index (χ0v) is 14.0. The lowest BCUT2D eigenvalue weighted by atomic mass is 10.2. The number of amides is 1. The third kappa shape index (κ3) is 3.92. The van der Waals surface area contributed by atoms with Gasteiger partial charge in [-0.15, -0.1) is 0 Å². The highest BCUT2D eigenvalue weighted by Crippen LogP contribution is 2.18. The van der Waals surface area contributed by atoms with Crippen molar-refractivity contribution >= 4 is 5.91 Å². The van der Waals surface area contributed by atoms with E-state index in [0.29, 0.717) is 23.7 Å². The summed E-state index contributed by atoms with van der Waals surface area (Å²) < 4.78 is 12.4. The monoisotopic (exact) mass is 341 g/mol. The number of nitrogens with one attached hydrogen (secondary N) is 1. The van der Waals surface area contributed by atoms with E-state index in [9.17, 15) is 4.79 Å². The van der Waals surface area contributed by atoms with E-state index < -0.39 is 0 Å². The van der Waals surface area contributed by atoms with Crippen LogP contribution in [0.25, 0.3) is 5.82 Å². The number of carbonyl (C=O) groups is 1. The van der Waals surface area contributed by atoms with E-state index in [0.717, 1.165) is 12.2 Å². The number of furan rings is 1. The van der Waals surface area contributed by atoms with Gasteiger partial charge in [-0.05, 0) is 24.3 Å². The Morgan fingerprint density at radius 3 is 2.96 bits per heavy atom. The van der Waals surface area contributed by atoms with Gasteiger partial charge in [0.05, 0.1) is 6.61 Å². The van der Waals surface area contributed by atoms with Crippen LogP contribution in [0.4, 0.5) is 0 Å². The Hall–Kier alpha value is -3.00. The third-order valence-corrected chi connectivity index (χ3v) is 3.67. The average Bonchev–Trinajstić information content (AvgIpc) is 3.33. The molecule has 3 aromatic rings. The molecule has 8 heteroatoms. The molecule has 1 atom stereocenters. The smallest absolute Gasteiger partial charge is 0.252 e. The largest absolute Gasteiger partial charge is 0.464 e. The first-order valence-electron chi connectivity index (χ1n) is 7.90. The molecule has 0 aliphatic rings.